The Morgan fingerprint density at radius 1 is 1.14 bits per heavy atom. The maximum Gasteiger partial charge on any atom is 0.142 e. The molecule has 3 heteroatoms. The van der Waals surface area contributed by atoms with Gasteiger partial charge >= 0.3 is 0 Å². The second-order valence-electron chi connectivity index (χ2n) is 5.33. The molecule has 2 aromatic rings. The monoisotopic (exact) mass is 299 g/mol. The van der Waals surface area contributed by atoms with Crippen LogP contribution in [0.1, 0.15) is 17.5 Å². The SMILES string of the molecule is Cc1ccc(SCCOc2cccc3c2NCCC3)cc1. The number of rotatable bonds is 5. The number of benzene rings is 2. The largest absolute Gasteiger partial charge is 0.491 e. The van der Waals surface area contributed by atoms with Crippen LogP contribution in [0.4, 0.5) is 5.69 Å². The van der Waals surface area contributed by atoms with Crippen molar-refractivity contribution in [3.63, 3.8) is 0 Å². The van der Waals surface area contributed by atoms with Crippen LogP contribution in [-0.2, 0) is 6.42 Å². The average Bonchev–Trinajstić information content (AvgIpc) is 2.53. The molecule has 0 spiro atoms. The lowest BCUT2D eigenvalue weighted by Crippen LogP contribution is -2.13. The summed E-state index contributed by atoms with van der Waals surface area (Å²) >= 11 is 1.84. The predicted octanol–water partition coefficient (Wildman–Crippen LogP) is 4.52. The van der Waals surface area contributed by atoms with E-state index in [1.54, 1.807) is 0 Å². The zero-order valence-electron chi connectivity index (χ0n) is 12.4. The third-order valence-electron chi connectivity index (χ3n) is 3.67. The lowest BCUT2D eigenvalue weighted by atomic mass is 10.0. The number of hydrogen-bond acceptors (Lipinski definition) is 3. The molecule has 1 aliphatic heterocycles. The van der Waals surface area contributed by atoms with E-state index in [1.165, 1.54) is 28.1 Å². The van der Waals surface area contributed by atoms with Crippen molar-refractivity contribution in [3.8, 4) is 5.75 Å². The van der Waals surface area contributed by atoms with Crippen molar-refractivity contribution in [1.82, 2.24) is 0 Å². The van der Waals surface area contributed by atoms with E-state index in [0.717, 1.165) is 31.1 Å². The number of ether oxygens (including phenoxy) is 1. The highest BCUT2D eigenvalue weighted by Crippen LogP contribution is 2.32. The summed E-state index contributed by atoms with van der Waals surface area (Å²) < 4.78 is 5.97. The molecule has 0 saturated heterocycles. The van der Waals surface area contributed by atoms with Crippen molar-refractivity contribution in [1.29, 1.82) is 0 Å². The van der Waals surface area contributed by atoms with E-state index in [0.29, 0.717) is 0 Å². The van der Waals surface area contributed by atoms with Crippen molar-refractivity contribution in [2.45, 2.75) is 24.7 Å². The first-order valence-electron chi connectivity index (χ1n) is 7.51. The lowest BCUT2D eigenvalue weighted by molar-refractivity contribution is 0.345. The molecule has 0 aromatic heterocycles. The normalized spacial score (nSPS) is 13.4. The van der Waals surface area contributed by atoms with Crippen molar-refractivity contribution in [2.24, 2.45) is 0 Å². The first-order valence-corrected chi connectivity index (χ1v) is 8.49. The zero-order valence-corrected chi connectivity index (χ0v) is 13.2. The fraction of sp³-hybridized carbons (Fsp3) is 0.333. The molecule has 0 bridgehead atoms. The van der Waals surface area contributed by atoms with Crippen LogP contribution in [0.2, 0.25) is 0 Å². The highest BCUT2D eigenvalue weighted by atomic mass is 32.2. The second kappa shape index (κ2) is 6.90. The molecule has 0 amide bonds. The van der Waals surface area contributed by atoms with Crippen molar-refractivity contribution in [2.75, 3.05) is 24.2 Å². The van der Waals surface area contributed by atoms with Crippen LogP contribution in [0.25, 0.3) is 0 Å². The minimum Gasteiger partial charge on any atom is -0.491 e. The van der Waals surface area contributed by atoms with Gasteiger partial charge in [0.05, 0.1) is 12.3 Å². The van der Waals surface area contributed by atoms with Gasteiger partial charge < -0.3 is 10.1 Å². The summed E-state index contributed by atoms with van der Waals surface area (Å²) in [5.41, 5.74) is 3.88. The molecule has 21 heavy (non-hydrogen) atoms. The van der Waals surface area contributed by atoms with Crippen molar-refractivity contribution < 1.29 is 4.74 Å². The van der Waals surface area contributed by atoms with E-state index in [-0.39, 0.29) is 0 Å². The number of nitrogens with one attached hydrogen (secondary N) is 1. The van der Waals surface area contributed by atoms with Crippen molar-refractivity contribution in [3.05, 3.63) is 53.6 Å². The summed E-state index contributed by atoms with van der Waals surface area (Å²) in [5, 5.41) is 3.46. The van der Waals surface area contributed by atoms with Gasteiger partial charge in [-0.3, -0.25) is 0 Å². The fourth-order valence-electron chi connectivity index (χ4n) is 2.54. The van der Waals surface area contributed by atoms with Gasteiger partial charge in [0, 0.05) is 17.2 Å². The number of para-hydroxylation sites is 1. The van der Waals surface area contributed by atoms with Crippen LogP contribution in [0.5, 0.6) is 5.75 Å². The standard InChI is InChI=1S/C18H21NOS/c1-14-7-9-16(10-8-14)21-13-12-20-17-6-2-4-15-5-3-11-19-18(15)17/h2,4,6-10,19H,3,5,11-13H2,1H3. The first kappa shape index (κ1) is 14.3. The highest BCUT2D eigenvalue weighted by Gasteiger charge is 2.12. The minimum atomic E-state index is 0.733. The summed E-state index contributed by atoms with van der Waals surface area (Å²) in [4.78, 5) is 1.30. The zero-order chi connectivity index (χ0) is 14.5. The summed E-state index contributed by atoms with van der Waals surface area (Å²) in [6, 6.07) is 15.0. The molecule has 0 aliphatic carbocycles. The topological polar surface area (TPSA) is 21.3 Å². The number of fused-ring (bicyclic) bond motifs is 1. The molecule has 0 unspecified atom stereocenters. The molecule has 0 saturated carbocycles. The third kappa shape index (κ3) is 3.73. The van der Waals surface area contributed by atoms with Crippen LogP contribution in [0.3, 0.4) is 0 Å². The lowest BCUT2D eigenvalue weighted by Gasteiger charge is -2.21. The van der Waals surface area contributed by atoms with Gasteiger partial charge in [-0.15, -0.1) is 11.8 Å². The Balaban J connectivity index is 1.53. The summed E-state index contributed by atoms with van der Waals surface area (Å²) in [5.74, 6) is 1.96. The van der Waals surface area contributed by atoms with Gasteiger partial charge in [0.25, 0.3) is 0 Å². The van der Waals surface area contributed by atoms with Crippen LogP contribution < -0.4 is 10.1 Å². The number of thioether (sulfide) groups is 1. The molecule has 3 rings (SSSR count). The van der Waals surface area contributed by atoms with E-state index in [4.69, 9.17) is 4.74 Å². The van der Waals surface area contributed by atoms with Gasteiger partial charge in [-0.2, -0.15) is 0 Å². The number of hydrogen-bond donors (Lipinski definition) is 1. The molecule has 1 N–H and O–H groups in total. The molecule has 0 fully saturated rings. The van der Waals surface area contributed by atoms with E-state index in [2.05, 4.69) is 54.7 Å². The Kier molecular flexibility index (Phi) is 4.71. The molecule has 1 aliphatic rings. The van der Waals surface area contributed by atoms with Gasteiger partial charge in [-0.25, -0.2) is 0 Å². The molecular formula is C18H21NOS. The van der Waals surface area contributed by atoms with Gasteiger partial charge in [0.1, 0.15) is 5.75 Å². The second-order valence-corrected chi connectivity index (χ2v) is 6.50. The van der Waals surface area contributed by atoms with Gasteiger partial charge in [-0.05, 0) is 43.5 Å². The molecule has 0 atom stereocenters. The smallest absolute Gasteiger partial charge is 0.142 e. The third-order valence-corrected chi connectivity index (χ3v) is 4.64. The Bertz CT molecular complexity index is 595. The van der Waals surface area contributed by atoms with E-state index in [9.17, 15) is 0 Å². The summed E-state index contributed by atoms with van der Waals surface area (Å²) in [6.07, 6.45) is 2.36. The van der Waals surface area contributed by atoms with Crippen LogP contribution in [0.15, 0.2) is 47.4 Å². The average molecular weight is 299 g/mol. The quantitative estimate of drug-likeness (QED) is 0.647. The molecular weight excluding hydrogens is 278 g/mol. The van der Waals surface area contributed by atoms with Gasteiger partial charge in [0.2, 0.25) is 0 Å². The first-order chi connectivity index (χ1) is 10.3. The fourth-order valence-corrected chi connectivity index (χ4v) is 3.27. The highest BCUT2D eigenvalue weighted by molar-refractivity contribution is 7.99. The maximum absolute atomic E-state index is 5.97. The number of anilines is 1. The van der Waals surface area contributed by atoms with E-state index in [1.807, 2.05) is 11.8 Å². The molecule has 1 heterocycles. The molecule has 110 valence electrons. The van der Waals surface area contributed by atoms with Crippen molar-refractivity contribution >= 4 is 17.4 Å². The van der Waals surface area contributed by atoms with Crippen LogP contribution >= 0.6 is 11.8 Å². The summed E-state index contributed by atoms with van der Waals surface area (Å²) in [6.45, 7) is 3.89. The Morgan fingerprint density at radius 3 is 2.86 bits per heavy atom. The van der Waals surface area contributed by atoms with E-state index < -0.39 is 0 Å². The van der Waals surface area contributed by atoms with E-state index >= 15 is 0 Å². The molecule has 2 nitrogen and oxygen atoms in total. The van der Waals surface area contributed by atoms with Gasteiger partial charge in [0.15, 0.2) is 0 Å². The predicted molar refractivity (Wildman–Crippen MR) is 90.7 cm³/mol. The maximum atomic E-state index is 5.97. The van der Waals surface area contributed by atoms with Gasteiger partial charge in [-0.1, -0.05) is 29.8 Å². The number of aryl methyl sites for hydroxylation is 2. The molecule has 2 aromatic carbocycles. The Morgan fingerprint density at radius 2 is 2.00 bits per heavy atom. The van der Waals surface area contributed by atoms with Crippen LogP contribution in [-0.4, -0.2) is 18.9 Å². The minimum absolute atomic E-state index is 0.733. The van der Waals surface area contributed by atoms with Crippen LogP contribution in [0, 0.1) is 6.92 Å². The molecule has 0 radical (unpaired) electrons. The summed E-state index contributed by atoms with van der Waals surface area (Å²) in [7, 11) is 0. The Hall–Kier alpha value is -1.61. The Labute approximate surface area is 130 Å².